The van der Waals surface area contributed by atoms with E-state index in [9.17, 15) is 4.79 Å². The van der Waals surface area contributed by atoms with Gasteiger partial charge in [0.05, 0.1) is 0 Å². The van der Waals surface area contributed by atoms with Gasteiger partial charge in [-0.1, -0.05) is 0 Å². The molecule has 2 N–H and O–H groups in total. The summed E-state index contributed by atoms with van der Waals surface area (Å²) in [5.41, 5.74) is 0. The van der Waals surface area contributed by atoms with Gasteiger partial charge in [0.2, 0.25) is 5.82 Å². The first-order valence-corrected chi connectivity index (χ1v) is 5.12. The van der Waals surface area contributed by atoms with Crippen LogP contribution in [0.1, 0.15) is 23.5 Å². The Morgan fingerprint density at radius 3 is 2.87 bits per heavy atom. The minimum absolute atomic E-state index is 0.0839. The summed E-state index contributed by atoms with van der Waals surface area (Å²) in [6.45, 7) is 1.94. The summed E-state index contributed by atoms with van der Waals surface area (Å²) in [6.07, 6.45) is 3.34. The third-order valence-corrected chi connectivity index (χ3v) is 2.79. The highest BCUT2D eigenvalue weighted by Gasteiger charge is 2.24. The number of hydrogen-bond acceptors (Lipinski definition) is 4. The van der Waals surface area contributed by atoms with Crippen LogP contribution in [-0.4, -0.2) is 52.2 Å². The average Bonchev–Trinajstić information content (AvgIpc) is 2.82. The first-order chi connectivity index (χ1) is 7.29. The van der Waals surface area contributed by atoms with Gasteiger partial charge in [0, 0.05) is 13.1 Å². The molecule has 1 saturated heterocycles. The van der Waals surface area contributed by atoms with Crippen molar-refractivity contribution in [2.24, 2.45) is 0 Å². The Labute approximate surface area is 88.1 Å². The molecule has 6 nitrogen and oxygen atoms in total. The van der Waals surface area contributed by atoms with E-state index < -0.39 is 0 Å². The molecule has 15 heavy (non-hydrogen) atoms. The third kappa shape index (κ3) is 2.15. The van der Waals surface area contributed by atoms with E-state index in [1.165, 1.54) is 6.33 Å². The Balaban J connectivity index is 2.00. The van der Waals surface area contributed by atoms with E-state index in [4.69, 9.17) is 0 Å². The number of piperidine rings is 1. The molecule has 0 radical (unpaired) electrons. The molecule has 0 spiro atoms. The van der Waals surface area contributed by atoms with Crippen molar-refractivity contribution >= 4 is 5.91 Å². The van der Waals surface area contributed by atoms with Crippen LogP contribution in [0.25, 0.3) is 0 Å². The molecular weight excluding hydrogens is 194 g/mol. The highest BCUT2D eigenvalue weighted by atomic mass is 16.2. The van der Waals surface area contributed by atoms with Crippen molar-refractivity contribution < 1.29 is 4.79 Å². The van der Waals surface area contributed by atoms with Crippen molar-refractivity contribution in [3.05, 3.63) is 12.2 Å². The SMILES string of the molecule is CN(C(=O)c1ncn[nH]1)C1CCNCC1. The van der Waals surface area contributed by atoms with Crippen LogP contribution < -0.4 is 5.32 Å². The van der Waals surface area contributed by atoms with Crippen molar-refractivity contribution in [1.29, 1.82) is 0 Å². The molecular formula is C9H15N5O. The maximum absolute atomic E-state index is 11.9. The number of aromatic amines is 1. The van der Waals surface area contributed by atoms with Crippen molar-refractivity contribution in [3.63, 3.8) is 0 Å². The normalized spacial score (nSPS) is 17.7. The van der Waals surface area contributed by atoms with Gasteiger partial charge in [-0.3, -0.25) is 9.89 Å². The molecule has 2 rings (SSSR count). The van der Waals surface area contributed by atoms with Crippen molar-refractivity contribution in [2.75, 3.05) is 20.1 Å². The molecule has 1 aliphatic heterocycles. The second-order valence-electron chi connectivity index (χ2n) is 3.73. The quantitative estimate of drug-likeness (QED) is 0.697. The maximum atomic E-state index is 11.9. The first kappa shape index (κ1) is 10.1. The van der Waals surface area contributed by atoms with Gasteiger partial charge in [-0.25, -0.2) is 4.98 Å². The Bertz CT molecular complexity index is 317. The van der Waals surface area contributed by atoms with Crippen LogP contribution in [0.3, 0.4) is 0 Å². The highest BCUT2D eigenvalue weighted by molar-refractivity contribution is 5.90. The lowest BCUT2D eigenvalue weighted by Gasteiger charge is -2.30. The summed E-state index contributed by atoms with van der Waals surface area (Å²) < 4.78 is 0. The first-order valence-electron chi connectivity index (χ1n) is 5.12. The number of nitrogens with zero attached hydrogens (tertiary/aromatic N) is 3. The van der Waals surface area contributed by atoms with Gasteiger partial charge in [0.1, 0.15) is 6.33 Å². The second-order valence-corrected chi connectivity index (χ2v) is 3.73. The van der Waals surface area contributed by atoms with E-state index in [0.717, 1.165) is 25.9 Å². The van der Waals surface area contributed by atoms with E-state index in [1.807, 2.05) is 7.05 Å². The minimum atomic E-state index is -0.0839. The monoisotopic (exact) mass is 209 g/mol. The Hall–Kier alpha value is -1.43. The maximum Gasteiger partial charge on any atom is 0.291 e. The molecule has 2 heterocycles. The predicted molar refractivity (Wildman–Crippen MR) is 54.4 cm³/mol. The van der Waals surface area contributed by atoms with E-state index in [1.54, 1.807) is 4.90 Å². The van der Waals surface area contributed by atoms with Gasteiger partial charge in [0.25, 0.3) is 5.91 Å². The van der Waals surface area contributed by atoms with E-state index >= 15 is 0 Å². The Morgan fingerprint density at radius 1 is 1.53 bits per heavy atom. The van der Waals surface area contributed by atoms with Crippen molar-refractivity contribution in [2.45, 2.75) is 18.9 Å². The number of carbonyl (C=O) groups is 1. The van der Waals surface area contributed by atoms with Crippen LogP contribution in [0, 0.1) is 0 Å². The predicted octanol–water partition coefficient (Wildman–Crippen LogP) is -0.371. The van der Waals surface area contributed by atoms with Gasteiger partial charge in [-0.05, 0) is 25.9 Å². The van der Waals surface area contributed by atoms with Gasteiger partial charge in [-0.2, -0.15) is 5.10 Å². The molecule has 0 aromatic carbocycles. The van der Waals surface area contributed by atoms with Crippen LogP contribution in [0.2, 0.25) is 0 Å². The van der Waals surface area contributed by atoms with Gasteiger partial charge in [0.15, 0.2) is 0 Å². The zero-order valence-corrected chi connectivity index (χ0v) is 8.73. The highest BCUT2D eigenvalue weighted by Crippen LogP contribution is 2.11. The van der Waals surface area contributed by atoms with E-state index in [0.29, 0.717) is 11.9 Å². The molecule has 0 unspecified atom stereocenters. The summed E-state index contributed by atoms with van der Waals surface area (Å²) in [6, 6.07) is 0.309. The zero-order valence-electron chi connectivity index (χ0n) is 8.73. The lowest BCUT2D eigenvalue weighted by Crippen LogP contribution is -2.44. The number of carbonyl (C=O) groups excluding carboxylic acids is 1. The summed E-state index contributed by atoms with van der Waals surface area (Å²) in [5, 5.41) is 9.53. The Kier molecular flexibility index (Phi) is 2.96. The summed E-state index contributed by atoms with van der Waals surface area (Å²) in [4.78, 5) is 17.5. The van der Waals surface area contributed by atoms with E-state index in [2.05, 4.69) is 20.5 Å². The zero-order chi connectivity index (χ0) is 10.7. The van der Waals surface area contributed by atoms with Gasteiger partial charge < -0.3 is 10.2 Å². The number of nitrogens with one attached hydrogen (secondary N) is 2. The minimum Gasteiger partial charge on any atom is -0.336 e. The van der Waals surface area contributed by atoms with Crippen molar-refractivity contribution in [1.82, 2.24) is 25.4 Å². The molecule has 0 atom stereocenters. The van der Waals surface area contributed by atoms with Crippen LogP contribution in [0.4, 0.5) is 0 Å². The molecule has 0 saturated carbocycles. The number of hydrogen-bond donors (Lipinski definition) is 2. The van der Waals surface area contributed by atoms with Crippen LogP contribution in [0.15, 0.2) is 6.33 Å². The molecule has 1 amide bonds. The topological polar surface area (TPSA) is 73.9 Å². The van der Waals surface area contributed by atoms with Crippen LogP contribution in [-0.2, 0) is 0 Å². The van der Waals surface area contributed by atoms with Gasteiger partial charge in [-0.15, -0.1) is 0 Å². The molecule has 1 aromatic heterocycles. The summed E-state index contributed by atoms with van der Waals surface area (Å²) >= 11 is 0. The summed E-state index contributed by atoms with van der Waals surface area (Å²) in [7, 11) is 1.82. The number of aromatic nitrogens is 3. The molecule has 82 valence electrons. The van der Waals surface area contributed by atoms with Crippen LogP contribution >= 0.6 is 0 Å². The average molecular weight is 209 g/mol. The van der Waals surface area contributed by atoms with Gasteiger partial charge >= 0.3 is 0 Å². The lowest BCUT2D eigenvalue weighted by molar-refractivity contribution is 0.0691. The molecule has 6 heteroatoms. The number of amides is 1. The standard InChI is InChI=1S/C9H15N5O/c1-14(7-2-4-10-5-3-7)9(15)8-11-6-12-13-8/h6-7,10H,2-5H2,1H3,(H,11,12,13). The fraction of sp³-hybridized carbons (Fsp3) is 0.667. The lowest BCUT2D eigenvalue weighted by atomic mass is 10.1. The molecule has 1 aliphatic rings. The summed E-state index contributed by atoms with van der Waals surface area (Å²) in [5.74, 6) is 0.232. The molecule has 1 aromatic rings. The largest absolute Gasteiger partial charge is 0.336 e. The molecule has 0 bridgehead atoms. The fourth-order valence-corrected chi connectivity index (χ4v) is 1.84. The molecule has 1 fully saturated rings. The third-order valence-electron chi connectivity index (χ3n) is 2.79. The second kappa shape index (κ2) is 4.39. The van der Waals surface area contributed by atoms with Crippen LogP contribution in [0.5, 0.6) is 0 Å². The number of rotatable bonds is 2. The van der Waals surface area contributed by atoms with Crippen molar-refractivity contribution in [3.8, 4) is 0 Å². The Morgan fingerprint density at radius 2 is 2.27 bits per heavy atom. The number of H-pyrrole nitrogens is 1. The molecule has 0 aliphatic carbocycles. The fourth-order valence-electron chi connectivity index (χ4n) is 1.84. The van der Waals surface area contributed by atoms with E-state index in [-0.39, 0.29) is 5.91 Å². The smallest absolute Gasteiger partial charge is 0.291 e.